The van der Waals surface area contributed by atoms with Crippen LogP contribution in [0.25, 0.3) is 0 Å². The Morgan fingerprint density at radius 1 is 0.700 bits per heavy atom. The van der Waals surface area contributed by atoms with E-state index in [1.54, 1.807) is 0 Å². The molecule has 1 aliphatic rings. The number of rotatable bonds is 0. The van der Waals surface area contributed by atoms with Gasteiger partial charge in [0.05, 0.1) is 0 Å². The Kier molecular flexibility index (Phi) is 3.69. The van der Waals surface area contributed by atoms with Crippen LogP contribution < -0.4 is 0 Å². The van der Waals surface area contributed by atoms with Crippen LogP contribution in [0.2, 0.25) is 0 Å². The summed E-state index contributed by atoms with van der Waals surface area (Å²) in [6, 6.07) is 0. The van der Waals surface area contributed by atoms with Crippen molar-refractivity contribution < 1.29 is 0 Å². The second-order valence-electron chi connectivity index (χ2n) is 2.36. The Hall–Kier alpha value is -0.780. The summed E-state index contributed by atoms with van der Waals surface area (Å²) in [5, 5.41) is 0. The first-order valence-corrected chi connectivity index (χ1v) is 3.82. The monoisotopic (exact) mass is 133 g/mol. The lowest BCUT2D eigenvalue weighted by atomic mass is 10.2. The molecule has 0 aromatic heterocycles. The van der Waals surface area contributed by atoms with Gasteiger partial charge in [-0.3, -0.25) is 0 Å². The molecular weight excluding hydrogens is 120 g/mol. The average molecular weight is 133 g/mol. The van der Waals surface area contributed by atoms with Crippen molar-refractivity contribution in [2.24, 2.45) is 0 Å². The van der Waals surface area contributed by atoms with Gasteiger partial charge in [-0.2, -0.15) is 0 Å². The van der Waals surface area contributed by atoms with Gasteiger partial charge in [-0.25, -0.2) is 0 Å². The molecule has 1 radical (unpaired) electrons. The van der Waals surface area contributed by atoms with Gasteiger partial charge in [0.1, 0.15) is 0 Å². The van der Waals surface area contributed by atoms with E-state index in [1.807, 2.05) is 0 Å². The third kappa shape index (κ3) is 3.29. The van der Waals surface area contributed by atoms with Gasteiger partial charge in [0.25, 0.3) is 0 Å². The van der Waals surface area contributed by atoms with E-state index in [0.717, 1.165) is 0 Å². The quantitative estimate of drug-likeness (QED) is 0.476. The van der Waals surface area contributed by atoms with Gasteiger partial charge in [0.15, 0.2) is 0 Å². The summed E-state index contributed by atoms with van der Waals surface area (Å²) in [6.45, 7) is 0. The lowest BCUT2D eigenvalue weighted by Gasteiger charge is -1.90. The van der Waals surface area contributed by atoms with E-state index in [9.17, 15) is 0 Å². The zero-order valence-electron chi connectivity index (χ0n) is 6.16. The standard InChI is InChI=1S/C10H13/c1-2-4-6-8-10-9-7-5-3-1/h1-7H,8-10H2/b2-1-,6-4+,7-5+. The van der Waals surface area contributed by atoms with Crippen molar-refractivity contribution in [3.63, 3.8) is 0 Å². The van der Waals surface area contributed by atoms with Gasteiger partial charge in [-0.1, -0.05) is 36.5 Å². The van der Waals surface area contributed by atoms with E-state index in [1.165, 1.54) is 19.3 Å². The number of hydrogen-bond donors (Lipinski definition) is 0. The Morgan fingerprint density at radius 3 is 2.40 bits per heavy atom. The van der Waals surface area contributed by atoms with Gasteiger partial charge >= 0.3 is 0 Å². The molecule has 0 atom stereocenters. The molecule has 0 aromatic carbocycles. The maximum absolute atomic E-state index is 2.21. The molecular formula is C10H13. The second kappa shape index (κ2) is 5.04. The van der Waals surface area contributed by atoms with E-state index < -0.39 is 0 Å². The van der Waals surface area contributed by atoms with Crippen LogP contribution in [0.1, 0.15) is 19.3 Å². The molecule has 0 heterocycles. The maximum atomic E-state index is 2.21. The molecule has 53 valence electrons. The largest absolute Gasteiger partial charge is 0.0879 e. The van der Waals surface area contributed by atoms with Crippen molar-refractivity contribution in [1.29, 1.82) is 0 Å². The summed E-state index contributed by atoms with van der Waals surface area (Å²) in [7, 11) is 0. The van der Waals surface area contributed by atoms with Crippen molar-refractivity contribution in [3.8, 4) is 0 Å². The molecule has 0 heteroatoms. The third-order valence-corrected chi connectivity index (χ3v) is 1.46. The highest BCUT2D eigenvalue weighted by molar-refractivity contribution is 5.14. The second-order valence-corrected chi connectivity index (χ2v) is 2.36. The Labute approximate surface area is 62.9 Å². The minimum Gasteiger partial charge on any atom is -0.0879 e. The van der Waals surface area contributed by atoms with E-state index >= 15 is 0 Å². The summed E-state index contributed by atoms with van der Waals surface area (Å²) in [4.78, 5) is 0. The minimum absolute atomic E-state index is 1.20. The third-order valence-electron chi connectivity index (χ3n) is 1.46. The molecule has 0 saturated carbocycles. The van der Waals surface area contributed by atoms with Crippen molar-refractivity contribution in [1.82, 2.24) is 0 Å². The SMILES string of the molecule is [CH]1/C=C\C=C\CCC/C=C/1. The van der Waals surface area contributed by atoms with Crippen LogP contribution in [0.15, 0.2) is 36.5 Å². The summed E-state index contributed by atoms with van der Waals surface area (Å²) >= 11 is 0. The van der Waals surface area contributed by atoms with Crippen LogP contribution in [0.4, 0.5) is 0 Å². The molecule has 0 aliphatic heterocycles. The van der Waals surface area contributed by atoms with Crippen LogP contribution >= 0.6 is 0 Å². The normalized spacial score (nSPS) is 28.8. The zero-order chi connectivity index (χ0) is 7.07. The molecule has 0 fully saturated rings. The van der Waals surface area contributed by atoms with Gasteiger partial charge in [-0.05, 0) is 19.3 Å². The van der Waals surface area contributed by atoms with Crippen molar-refractivity contribution in [3.05, 3.63) is 42.9 Å². The summed E-state index contributed by atoms with van der Waals surface area (Å²) < 4.78 is 0. The number of hydrogen-bond acceptors (Lipinski definition) is 0. The van der Waals surface area contributed by atoms with Crippen LogP contribution in [0.3, 0.4) is 0 Å². The highest BCUT2D eigenvalue weighted by Gasteiger charge is 1.81. The Morgan fingerprint density at radius 2 is 1.50 bits per heavy atom. The lowest BCUT2D eigenvalue weighted by molar-refractivity contribution is 0.867. The molecule has 0 bridgehead atoms. The molecule has 0 N–H and O–H groups in total. The molecule has 1 aliphatic carbocycles. The molecule has 0 unspecified atom stereocenters. The molecule has 0 saturated heterocycles. The van der Waals surface area contributed by atoms with Gasteiger partial charge in [0, 0.05) is 6.42 Å². The Bertz CT molecular complexity index is 149. The number of allylic oxidation sites excluding steroid dienone is 6. The smallest absolute Gasteiger partial charge is 0.00473 e. The summed E-state index contributed by atoms with van der Waals surface area (Å²) in [5.41, 5.74) is 0. The van der Waals surface area contributed by atoms with Crippen molar-refractivity contribution in [2.45, 2.75) is 19.3 Å². The predicted molar refractivity (Wildman–Crippen MR) is 45.6 cm³/mol. The first-order chi connectivity index (χ1) is 5.00. The van der Waals surface area contributed by atoms with Gasteiger partial charge in [-0.15, -0.1) is 0 Å². The molecule has 1 rings (SSSR count). The Balaban J connectivity index is 2.38. The fourth-order valence-corrected chi connectivity index (χ4v) is 0.896. The van der Waals surface area contributed by atoms with E-state index in [2.05, 4.69) is 42.9 Å². The molecule has 10 heavy (non-hydrogen) atoms. The minimum atomic E-state index is 1.20. The van der Waals surface area contributed by atoms with Crippen molar-refractivity contribution >= 4 is 0 Å². The fraction of sp³-hybridized carbons (Fsp3) is 0.300. The highest BCUT2D eigenvalue weighted by atomic mass is 13.9. The molecule has 0 amide bonds. The highest BCUT2D eigenvalue weighted by Crippen LogP contribution is 2.00. The molecule has 0 nitrogen and oxygen atoms in total. The van der Waals surface area contributed by atoms with E-state index in [0.29, 0.717) is 0 Å². The fourth-order valence-electron chi connectivity index (χ4n) is 0.896. The van der Waals surface area contributed by atoms with E-state index in [-0.39, 0.29) is 0 Å². The van der Waals surface area contributed by atoms with Crippen molar-refractivity contribution in [2.75, 3.05) is 0 Å². The lowest BCUT2D eigenvalue weighted by Crippen LogP contribution is -1.71. The van der Waals surface area contributed by atoms with Gasteiger partial charge < -0.3 is 0 Å². The summed E-state index contributed by atoms with van der Waals surface area (Å²) in [5.74, 6) is 0. The van der Waals surface area contributed by atoms with Gasteiger partial charge in [0.2, 0.25) is 0 Å². The van der Waals surface area contributed by atoms with Crippen LogP contribution in [-0.2, 0) is 0 Å². The van der Waals surface area contributed by atoms with Crippen LogP contribution in [-0.4, -0.2) is 0 Å². The maximum Gasteiger partial charge on any atom is 0.00473 e. The van der Waals surface area contributed by atoms with E-state index in [4.69, 9.17) is 0 Å². The summed E-state index contributed by atoms with van der Waals surface area (Å²) in [6.07, 6.45) is 18.5. The molecule has 0 spiro atoms. The average Bonchev–Trinajstić information content (AvgIpc) is 2.01. The first-order valence-electron chi connectivity index (χ1n) is 3.82. The predicted octanol–water partition coefficient (Wildman–Crippen LogP) is 3.04. The van der Waals surface area contributed by atoms with Crippen LogP contribution in [0, 0.1) is 6.42 Å². The molecule has 0 aromatic rings. The zero-order valence-corrected chi connectivity index (χ0v) is 6.16. The first kappa shape index (κ1) is 7.33. The van der Waals surface area contributed by atoms with Crippen LogP contribution in [0.5, 0.6) is 0 Å². The topological polar surface area (TPSA) is 0 Å².